The summed E-state index contributed by atoms with van der Waals surface area (Å²) in [5.74, 6) is -0.859. The molecule has 114 valence electrons. The lowest BCUT2D eigenvalue weighted by atomic mass is 10.1. The lowest BCUT2D eigenvalue weighted by Crippen LogP contribution is -2.28. The van der Waals surface area contributed by atoms with E-state index in [9.17, 15) is 14.0 Å². The first-order valence-corrected chi connectivity index (χ1v) is 6.80. The molecule has 1 aliphatic rings. The molecule has 1 fully saturated rings. The zero-order chi connectivity index (χ0) is 15.5. The van der Waals surface area contributed by atoms with Gasteiger partial charge in [0.2, 0.25) is 17.8 Å². The van der Waals surface area contributed by atoms with E-state index in [2.05, 4.69) is 20.5 Å². The Morgan fingerprint density at radius 1 is 1.41 bits per heavy atom. The third-order valence-corrected chi connectivity index (χ3v) is 3.53. The van der Waals surface area contributed by atoms with Crippen molar-refractivity contribution in [2.75, 3.05) is 11.9 Å². The fourth-order valence-corrected chi connectivity index (χ4v) is 2.40. The van der Waals surface area contributed by atoms with E-state index in [4.69, 9.17) is 0 Å². The number of rotatable bonds is 4. The maximum Gasteiger partial charge on any atom is 0.232 e. The second-order valence-electron chi connectivity index (χ2n) is 5.13. The number of aromatic amines is 1. The molecule has 2 heterocycles. The van der Waals surface area contributed by atoms with Gasteiger partial charge in [-0.1, -0.05) is 12.1 Å². The van der Waals surface area contributed by atoms with Crippen LogP contribution in [0.25, 0.3) is 0 Å². The molecular formula is C14H14FN5O2. The number of hydrogen-bond donors (Lipinski definition) is 2. The maximum atomic E-state index is 12.9. The van der Waals surface area contributed by atoms with E-state index >= 15 is 0 Å². The number of nitrogens with zero attached hydrogens (tertiary/aromatic N) is 3. The van der Waals surface area contributed by atoms with Gasteiger partial charge in [-0.3, -0.25) is 14.9 Å². The van der Waals surface area contributed by atoms with Gasteiger partial charge in [0, 0.05) is 19.5 Å². The van der Waals surface area contributed by atoms with Crippen LogP contribution in [0.2, 0.25) is 0 Å². The van der Waals surface area contributed by atoms with Crippen molar-refractivity contribution in [2.45, 2.75) is 13.0 Å². The van der Waals surface area contributed by atoms with E-state index in [1.54, 1.807) is 17.0 Å². The van der Waals surface area contributed by atoms with Gasteiger partial charge >= 0.3 is 0 Å². The minimum atomic E-state index is -0.432. The topological polar surface area (TPSA) is 91.0 Å². The van der Waals surface area contributed by atoms with Crippen LogP contribution in [0.1, 0.15) is 12.0 Å². The highest BCUT2D eigenvalue weighted by atomic mass is 19.1. The van der Waals surface area contributed by atoms with Crippen molar-refractivity contribution in [1.29, 1.82) is 0 Å². The fraction of sp³-hybridized carbons (Fsp3) is 0.286. The molecule has 2 N–H and O–H groups in total. The number of H-pyrrole nitrogens is 1. The van der Waals surface area contributed by atoms with Gasteiger partial charge in [-0.2, -0.15) is 10.1 Å². The van der Waals surface area contributed by atoms with Gasteiger partial charge in [0.15, 0.2) is 0 Å². The number of benzene rings is 1. The van der Waals surface area contributed by atoms with Crippen molar-refractivity contribution in [1.82, 2.24) is 20.1 Å². The van der Waals surface area contributed by atoms with Crippen LogP contribution in [0.4, 0.5) is 10.3 Å². The Morgan fingerprint density at radius 2 is 2.18 bits per heavy atom. The van der Waals surface area contributed by atoms with E-state index in [-0.39, 0.29) is 30.0 Å². The average molecular weight is 303 g/mol. The summed E-state index contributed by atoms with van der Waals surface area (Å²) in [6.45, 7) is 0.696. The Morgan fingerprint density at radius 3 is 2.86 bits per heavy atom. The van der Waals surface area contributed by atoms with Gasteiger partial charge in [0.05, 0.1) is 5.92 Å². The number of nitrogens with one attached hydrogen (secondary N) is 2. The van der Waals surface area contributed by atoms with E-state index in [1.165, 1.54) is 18.5 Å². The maximum absolute atomic E-state index is 12.9. The van der Waals surface area contributed by atoms with Crippen LogP contribution in [0.15, 0.2) is 30.6 Å². The molecule has 3 rings (SSSR count). The zero-order valence-corrected chi connectivity index (χ0v) is 11.6. The molecule has 1 atom stereocenters. The molecule has 0 radical (unpaired) electrons. The molecule has 0 saturated carbocycles. The van der Waals surface area contributed by atoms with Crippen molar-refractivity contribution in [3.63, 3.8) is 0 Å². The standard InChI is InChI=1S/C14H14FN5O2/c15-11-3-1-9(2-4-11)6-20-7-10(5-12(20)21)13(22)18-14-16-8-17-19-14/h1-4,8,10H,5-7H2,(H2,16,17,18,19,22). The van der Waals surface area contributed by atoms with Gasteiger partial charge in [-0.25, -0.2) is 9.49 Å². The predicted molar refractivity (Wildman–Crippen MR) is 74.9 cm³/mol. The lowest BCUT2D eigenvalue weighted by molar-refractivity contribution is -0.128. The van der Waals surface area contributed by atoms with Crippen molar-refractivity contribution in [2.24, 2.45) is 5.92 Å². The molecule has 1 saturated heterocycles. The minimum Gasteiger partial charge on any atom is -0.338 e. The van der Waals surface area contributed by atoms with Crippen molar-refractivity contribution in [3.05, 3.63) is 42.0 Å². The number of likely N-dealkylation sites (tertiary alicyclic amines) is 1. The van der Waals surface area contributed by atoms with Crippen molar-refractivity contribution in [3.8, 4) is 0 Å². The first-order chi connectivity index (χ1) is 10.6. The molecule has 1 unspecified atom stereocenters. The third kappa shape index (κ3) is 3.11. The van der Waals surface area contributed by atoms with Crippen LogP contribution in [-0.4, -0.2) is 38.4 Å². The van der Waals surface area contributed by atoms with Gasteiger partial charge < -0.3 is 4.90 Å². The summed E-state index contributed by atoms with van der Waals surface area (Å²) in [5.41, 5.74) is 0.825. The fourth-order valence-electron chi connectivity index (χ4n) is 2.40. The Hall–Kier alpha value is -2.77. The second-order valence-corrected chi connectivity index (χ2v) is 5.13. The molecule has 0 aliphatic carbocycles. The monoisotopic (exact) mass is 303 g/mol. The highest BCUT2D eigenvalue weighted by Crippen LogP contribution is 2.21. The summed E-state index contributed by atoms with van der Waals surface area (Å²) >= 11 is 0. The zero-order valence-electron chi connectivity index (χ0n) is 11.6. The van der Waals surface area contributed by atoms with Crippen LogP contribution in [0, 0.1) is 11.7 Å². The van der Waals surface area contributed by atoms with Gasteiger partial charge in [0.1, 0.15) is 12.1 Å². The third-order valence-electron chi connectivity index (χ3n) is 3.53. The van der Waals surface area contributed by atoms with Gasteiger partial charge in [-0.05, 0) is 17.7 Å². The Labute approximate surface area is 125 Å². The Balaban J connectivity index is 1.60. The minimum absolute atomic E-state index is 0.0953. The second kappa shape index (κ2) is 5.92. The summed E-state index contributed by atoms with van der Waals surface area (Å²) in [6, 6.07) is 5.96. The number of carbonyl (C=O) groups is 2. The summed E-state index contributed by atoms with van der Waals surface area (Å²) in [7, 11) is 0. The quantitative estimate of drug-likeness (QED) is 0.879. The van der Waals surface area contributed by atoms with Gasteiger partial charge in [-0.15, -0.1) is 0 Å². The van der Waals surface area contributed by atoms with Crippen molar-refractivity contribution >= 4 is 17.8 Å². The molecule has 1 aromatic carbocycles. The largest absolute Gasteiger partial charge is 0.338 e. The molecule has 1 aliphatic heterocycles. The van der Waals surface area contributed by atoms with E-state index in [1.807, 2.05) is 0 Å². The van der Waals surface area contributed by atoms with Crippen LogP contribution in [0.5, 0.6) is 0 Å². The predicted octanol–water partition coefficient (Wildman–Crippen LogP) is 0.931. The van der Waals surface area contributed by atoms with Gasteiger partial charge in [0.25, 0.3) is 0 Å². The van der Waals surface area contributed by atoms with E-state index in [0.29, 0.717) is 13.1 Å². The number of halogens is 1. The van der Waals surface area contributed by atoms with Crippen LogP contribution in [0.3, 0.4) is 0 Å². The summed E-state index contributed by atoms with van der Waals surface area (Å²) in [6.07, 6.45) is 1.44. The van der Waals surface area contributed by atoms with E-state index < -0.39 is 5.92 Å². The SMILES string of the molecule is O=C(Nc1ncn[nH]1)C1CC(=O)N(Cc2ccc(F)cc2)C1. The average Bonchev–Trinajstić information content (AvgIpc) is 3.12. The number of anilines is 1. The molecule has 0 bridgehead atoms. The summed E-state index contributed by atoms with van der Waals surface area (Å²) in [5, 5.41) is 8.75. The first-order valence-electron chi connectivity index (χ1n) is 6.80. The van der Waals surface area contributed by atoms with Crippen LogP contribution >= 0.6 is 0 Å². The molecular weight excluding hydrogens is 289 g/mol. The molecule has 7 nitrogen and oxygen atoms in total. The number of carbonyl (C=O) groups excluding carboxylic acids is 2. The highest BCUT2D eigenvalue weighted by molar-refractivity contribution is 5.96. The normalized spacial score (nSPS) is 17.8. The van der Waals surface area contributed by atoms with Crippen LogP contribution in [-0.2, 0) is 16.1 Å². The van der Waals surface area contributed by atoms with Crippen molar-refractivity contribution < 1.29 is 14.0 Å². The number of hydrogen-bond acceptors (Lipinski definition) is 4. The summed E-state index contributed by atoms with van der Waals surface area (Å²) in [4.78, 5) is 29.5. The molecule has 0 spiro atoms. The lowest BCUT2D eigenvalue weighted by Gasteiger charge is -2.16. The molecule has 8 heteroatoms. The molecule has 1 aromatic heterocycles. The number of aromatic nitrogens is 3. The number of amides is 2. The highest BCUT2D eigenvalue weighted by Gasteiger charge is 2.34. The molecule has 2 aromatic rings. The molecule has 2 amide bonds. The summed E-state index contributed by atoms with van der Waals surface area (Å²) < 4.78 is 12.9. The smallest absolute Gasteiger partial charge is 0.232 e. The Kier molecular flexibility index (Phi) is 3.82. The first kappa shape index (κ1) is 14.2. The van der Waals surface area contributed by atoms with Crippen LogP contribution < -0.4 is 5.32 Å². The van der Waals surface area contributed by atoms with E-state index in [0.717, 1.165) is 5.56 Å². The molecule has 22 heavy (non-hydrogen) atoms. The Bertz CT molecular complexity index is 671.